The van der Waals surface area contributed by atoms with E-state index in [0.29, 0.717) is 0 Å². The van der Waals surface area contributed by atoms with Crippen LogP contribution in [0.3, 0.4) is 0 Å². The summed E-state index contributed by atoms with van der Waals surface area (Å²) in [7, 11) is -2.30. The number of hydrogen-bond donors (Lipinski definition) is 2. The molecule has 0 unspecified atom stereocenters. The summed E-state index contributed by atoms with van der Waals surface area (Å²) in [5, 5.41) is 16.8. The molecule has 3 rings (SSSR count). The zero-order valence-electron chi connectivity index (χ0n) is 13.6. The summed E-state index contributed by atoms with van der Waals surface area (Å²) < 4.78 is 27.7. The van der Waals surface area contributed by atoms with Crippen molar-refractivity contribution in [1.29, 1.82) is 0 Å². The first-order valence-corrected chi connectivity index (χ1v) is 9.28. The summed E-state index contributed by atoms with van der Waals surface area (Å²) in [6.45, 7) is 0.255. The van der Waals surface area contributed by atoms with Gasteiger partial charge in [-0.25, -0.2) is 12.4 Å². The van der Waals surface area contributed by atoms with Crippen LogP contribution in [0.1, 0.15) is 16.1 Å². The number of phenols is 1. The van der Waals surface area contributed by atoms with Crippen molar-refractivity contribution in [3.8, 4) is 5.75 Å². The number of phenolic OH excluding ortho intramolecular Hbond substituents is 1. The molecule has 2 aromatic heterocycles. The van der Waals surface area contributed by atoms with Gasteiger partial charge in [0.15, 0.2) is 0 Å². The summed E-state index contributed by atoms with van der Waals surface area (Å²) in [6, 6.07) is 6.84. The van der Waals surface area contributed by atoms with E-state index in [1.54, 1.807) is 24.0 Å². The van der Waals surface area contributed by atoms with E-state index in [-0.39, 0.29) is 22.0 Å². The third-order valence-corrected chi connectivity index (χ3v) is 5.68. The largest absolute Gasteiger partial charge is 0.506 e. The number of amides is 1. The Morgan fingerprint density at radius 3 is 2.73 bits per heavy atom. The average Bonchev–Trinajstić information content (AvgIpc) is 3.22. The van der Waals surface area contributed by atoms with E-state index in [1.165, 1.54) is 30.6 Å². The van der Waals surface area contributed by atoms with Crippen molar-refractivity contribution in [1.82, 2.24) is 19.1 Å². The second kappa shape index (κ2) is 6.85. The molecule has 0 atom stereocenters. The highest BCUT2D eigenvalue weighted by atomic mass is 35.5. The maximum atomic E-state index is 12.6. The zero-order chi connectivity index (χ0) is 18.9. The van der Waals surface area contributed by atoms with E-state index in [2.05, 4.69) is 10.4 Å². The molecule has 26 heavy (non-hydrogen) atoms. The fraction of sp³-hybridized carbons (Fsp3) is 0.125. The monoisotopic (exact) mass is 394 g/mol. The zero-order valence-corrected chi connectivity index (χ0v) is 15.2. The molecule has 2 N–H and O–H groups in total. The van der Waals surface area contributed by atoms with E-state index in [0.717, 1.165) is 15.7 Å². The molecule has 3 aromatic rings. The van der Waals surface area contributed by atoms with Gasteiger partial charge in [0.2, 0.25) is 0 Å². The van der Waals surface area contributed by atoms with E-state index in [4.69, 9.17) is 11.6 Å². The number of aromatic hydroxyl groups is 1. The fourth-order valence-corrected chi connectivity index (χ4v) is 3.76. The molecule has 1 aromatic carbocycles. The van der Waals surface area contributed by atoms with Crippen molar-refractivity contribution in [2.45, 2.75) is 11.4 Å². The van der Waals surface area contributed by atoms with Crippen LogP contribution in [0.15, 0.2) is 53.8 Å². The second-order valence-corrected chi connectivity index (χ2v) is 7.72. The highest BCUT2D eigenvalue weighted by Crippen LogP contribution is 2.28. The number of nitrogens with zero attached hydrogens (tertiary/aromatic N) is 3. The van der Waals surface area contributed by atoms with Crippen LogP contribution in [0.5, 0.6) is 5.75 Å². The lowest BCUT2D eigenvalue weighted by Gasteiger charge is -2.08. The molecule has 2 heterocycles. The van der Waals surface area contributed by atoms with Crippen LogP contribution < -0.4 is 5.32 Å². The Hall–Kier alpha value is -2.78. The molecular weight excluding hydrogens is 380 g/mol. The van der Waals surface area contributed by atoms with Gasteiger partial charge in [-0.15, -0.1) is 0 Å². The first kappa shape index (κ1) is 18.0. The van der Waals surface area contributed by atoms with E-state index in [1.807, 2.05) is 0 Å². The predicted octanol–water partition coefficient (Wildman–Crippen LogP) is 1.75. The van der Waals surface area contributed by atoms with Crippen LogP contribution in [-0.2, 0) is 23.6 Å². The van der Waals surface area contributed by atoms with Gasteiger partial charge in [0.25, 0.3) is 15.9 Å². The molecule has 0 saturated carbocycles. The van der Waals surface area contributed by atoms with Crippen molar-refractivity contribution in [2.75, 3.05) is 0 Å². The maximum absolute atomic E-state index is 12.6. The lowest BCUT2D eigenvalue weighted by atomic mass is 10.3. The first-order chi connectivity index (χ1) is 12.3. The van der Waals surface area contributed by atoms with Crippen molar-refractivity contribution < 1.29 is 18.3 Å². The van der Waals surface area contributed by atoms with Gasteiger partial charge in [0.05, 0.1) is 17.8 Å². The molecule has 0 spiro atoms. The number of carbonyl (C=O) groups excluding carboxylic acids is 1. The Morgan fingerprint density at radius 1 is 1.31 bits per heavy atom. The van der Waals surface area contributed by atoms with Gasteiger partial charge < -0.3 is 10.4 Å². The quantitative estimate of drug-likeness (QED) is 0.685. The molecule has 0 fully saturated rings. The lowest BCUT2D eigenvalue weighted by molar-refractivity contribution is 0.0950. The number of rotatable bonds is 5. The molecule has 0 radical (unpaired) electrons. The Morgan fingerprint density at radius 2 is 2.08 bits per heavy atom. The second-order valence-electron chi connectivity index (χ2n) is 5.48. The first-order valence-electron chi connectivity index (χ1n) is 7.46. The third-order valence-electron chi connectivity index (χ3n) is 3.76. The number of benzene rings is 1. The Labute approximate surface area is 154 Å². The molecule has 8 nitrogen and oxygen atoms in total. The van der Waals surface area contributed by atoms with Crippen molar-refractivity contribution in [2.24, 2.45) is 7.05 Å². The van der Waals surface area contributed by atoms with Crippen LogP contribution in [0.2, 0.25) is 5.02 Å². The fourth-order valence-electron chi connectivity index (χ4n) is 2.33. The molecule has 136 valence electrons. The molecule has 0 aliphatic heterocycles. The van der Waals surface area contributed by atoms with Gasteiger partial charge in [-0.3, -0.25) is 9.48 Å². The summed E-state index contributed by atoms with van der Waals surface area (Å²) in [5.74, 6) is -0.895. The summed E-state index contributed by atoms with van der Waals surface area (Å²) in [6.07, 6.45) is 4.04. The number of hydrogen-bond acceptors (Lipinski definition) is 5. The van der Waals surface area contributed by atoms with Gasteiger partial charge in [0, 0.05) is 30.7 Å². The minimum absolute atomic E-state index is 0.171. The van der Waals surface area contributed by atoms with Crippen molar-refractivity contribution in [3.05, 3.63) is 65.2 Å². The van der Waals surface area contributed by atoms with Gasteiger partial charge in [-0.05, 0) is 30.3 Å². The van der Waals surface area contributed by atoms with Crippen LogP contribution in [0.25, 0.3) is 0 Å². The van der Waals surface area contributed by atoms with Crippen LogP contribution >= 0.6 is 11.6 Å². The predicted molar refractivity (Wildman–Crippen MR) is 94.5 cm³/mol. The maximum Gasteiger partial charge on any atom is 0.271 e. The van der Waals surface area contributed by atoms with E-state index < -0.39 is 21.7 Å². The minimum Gasteiger partial charge on any atom is -0.506 e. The summed E-state index contributed by atoms with van der Waals surface area (Å²) >= 11 is 5.73. The Bertz CT molecular complexity index is 1070. The normalized spacial score (nSPS) is 11.5. The topological polar surface area (TPSA) is 106 Å². The number of halogens is 1. The van der Waals surface area contributed by atoms with Crippen LogP contribution in [0, 0.1) is 0 Å². The summed E-state index contributed by atoms with van der Waals surface area (Å²) in [5.41, 5.74) is 0.973. The molecule has 0 bridgehead atoms. The molecule has 0 aliphatic carbocycles. The minimum atomic E-state index is -4.05. The average molecular weight is 395 g/mol. The SMILES string of the molecule is Cn1nccc1CNC(=O)c1ccn(S(=O)(=O)c2ccc(Cl)cc2O)c1. The highest BCUT2D eigenvalue weighted by Gasteiger charge is 2.22. The molecule has 0 aliphatic rings. The Balaban J connectivity index is 1.80. The number of nitrogens with one attached hydrogen (secondary N) is 1. The number of carbonyl (C=O) groups is 1. The van der Waals surface area contributed by atoms with E-state index in [9.17, 15) is 18.3 Å². The standard InChI is InChI=1S/C16H15ClN4O4S/c1-20-13(4-6-19-20)9-18-16(23)11-5-7-21(10-11)26(24,25)15-3-2-12(17)8-14(15)22/h2-8,10,22H,9H2,1H3,(H,18,23). The van der Waals surface area contributed by atoms with Gasteiger partial charge in [-0.2, -0.15) is 5.10 Å². The Kier molecular flexibility index (Phi) is 4.75. The molecule has 1 amide bonds. The number of aromatic nitrogens is 3. The van der Waals surface area contributed by atoms with Crippen LogP contribution in [-0.4, -0.2) is 33.2 Å². The van der Waals surface area contributed by atoms with Crippen LogP contribution in [0.4, 0.5) is 0 Å². The highest BCUT2D eigenvalue weighted by molar-refractivity contribution is 7.90. The van der Waals surface area contributed by atoms with Crippen molar-refractivity contribution in [3.63, 3.8) is 0 Å². The smallest absolute Gasteiger partial charge is 0.271 e. The van der Waals surface area contributed by atoms with Gasteiger partial charge in [0.1, 0.15) is 10.6 Å². The third kappa shape index (κ3) is 3.44. The van der Waals surface area contributed by atoms with E-state index >= 15 is 0 Å². The van der Waals surface area contributed by atoms with Gasteiger partial charge >= 0.3 is 0 Å². The molecule has 10 heteroatoms. The van der Waals surface area contributed by atoms with Crippen molar-refractivity contribution >= 4 is 27.5 Å². The number of aryl methyl sites for hydroxylation is 1. The molecule has 0 saturated heterocycles. The summed E-state index contributed by atoms with van der Waals surface area (Å²) in [4.78, 5) is 11.9. The lowest BCUT2D eigenvalue weighted by Crippen LogP contribution is -2.23. The van der Waals surface area contributed by atoms with Gasteiger partial charge in [-0.1, -0.05) is 11.6 Å². The molecular formula is C16H15ClN4O4S.